The summed E-state index contributed by atoms with van der Waals surface area (Å²) in [5.41, 5.74) is 1.93. The van der Waals surface area contributed by atoms with Gasteiger partial charge in [0.25, 0.3) is 5.91 Å². The number of aliphatic hydroxyl groups is 1. The van der Waals surface area contributed by atoms with Gasteiger partial charge < -0.3 is 10.0 Å². The number of Topliss-reactive ketones (excluding diaryl/α,β-unsaturated/α-hetero) is 1. The van der Waals surface area contributed by atoms with E-state index in [1.54, 1.807) is 28.4 Å². The van der Waals surface area contributed by atoms with Crippen molar-refractivity contribution in [2.75, 3.05) is 6.54 Å². The zero-order chi connectivity index (χ0) is 28.4. The van der Waals surface area contributed by atoms with Gasteiger partial charge in [0.2, 0.25) is 0 Å². The summed E-state index contributed by atoms with van der Waals surface area (Å²) in [7, 11) is 0. The normalized spacial score (nSPS) is 19.2. The van der Waals surface area contributed by atoms with Gasteiger partial charge in [-0.05, 0) is 86.8 Å². The highest BCUT2D eigenvalue weighted by molar-refractivity contribution is 7.09. The average Bonchev–Trinajstić information content (AvgIpc) is 3.68. The summed E-state index contributed by atoms with van der Waals surface area (Å²) < 4.78 is 27.8. The van der Waals surface area contributed by atoms with Gasteiger partial charge >= 0.3 is 0 Å². The number of thiazole rings is 1. The number of hydrogen-bond donors (Lipinski definition) is 1. The summed E-state index contributed by atoms with van der Waals surface area (Å²) >= 11 is 7.94. The third-order valence-corrected chi connectivity index (χ3v) is 9.42. The summed E-state index contributed by atoms with van der Waals surface area (Å²) in [5.74, 6) is -2.36. The number of carbonyl (C=O) groups excluding carboxylic acids is 2. The first-order chi connectivity index (χ1) is 19.2. The van der Waals surface area contributed by atoms with Crippen LogP contribution < -0.4 is 0 Å². The van der Waals surface area contributed by atoms with Crippen LogP contribution in [0.4, 0.5) is 8.78 Å². The second-order valence-electron chi connectivity index (χ2n) is 11.1. The Kier molecular flexibility index (Phi) is 8.98. The fourth-order valence-electron chi connectivity index (χ4n) is 6.22. The Balaban J connectivity index is 1.37. The molecule has 1 saturated carbocycles. The maximum absolute atomic E-state index is 13.9. The fourth-order valence-corrected chi connectivity index (χ4v) is 7.39. The van der Waals surface area contributed by atoms with E-state index < -0.39 is 23.7 Å². The van der Waals surface area contributed by atoms with E-state index in [9.17, 15) is 23.5 Å². The van der Waals surface area contributed by atoms with Crippen LogP contribution in [0.15, 0.2) is 41.8 Å². The van der Waals surface area contributed by atoms with Gasteiger partial charge in [0.05, 0.1) is 12.1 Å². The highest BCUT2D eigenvalue weighted by Crippen LogP contribution is 2.36. The summed E-state index contributed by atoms with van der Waals surface area (Å²) in [4.78, 5) is 33.6. The molecule has 1 N–H and O–H groups in total. The van der Waals surface area contributed by atoms with Crippen LogP contribution in [0.2, 0.25) is 5.02 Å². The van der Waals surface area contributed by atoms with E-state index in [-0.39, 0.29) is 47.1 Å². The van der Waals surface area contributed by atoms with E-state index in [0.29, 0.717) is 17.7 Å². The number of aromatic nitrogens is 1. The van der Waals surface area contributed by atoms with Gasteiger partial charge in [-0.2, -0.15) is 0 Å². The van der Waals surface area contributed by atoms with Crippen molar-refractivity contribution in [3.8, 4) is 0 Å². The fraction of sp³-hybridized carbons (Fsp3) is 0.452. The monoisotopic (exact) mass is 586 g/mol. The Bertz CT molecular complexity index is 1370. The van der Waals surface area contributed by atoms with Crippen LogP contribution in [0.1, 0.15) is 88.0 Å². The predicted octanol–water partition coefficient (Wildman–Crippen LogP) is 7.34. The van der Waals surface area contributed by atoms with Crippen LogP contribution in [0.5, 0.6) is 0 Å². The molecule has 1 saturated heterocycles. The molecule has 3 aromatic rings. The number of ketones is 1. The van der Waals surface area contributed by atoms with Crippen molar-refractivity contribution in [1.82, 2.24) is 9.88 Å². The molecule has 1 aliphatic carbocycles. The number of likely N-dealkylation sites (tertiary alicyclic amines) is 1. The molecule has 1 amide bonds. The molecule has 0 radical (unpaired) electrons. The number of aliphatic hydroxyl groups excluding tert-OH is 1. The molecule has 2 fully saturated rings. The smallest absolute Gasteiger partial charge is 0.254 e. The van der Waals surface area contributed by atoms with Crippen LogP contribution in [-0.2, 0) is 6.42 Å². The number of halogens is 3. The molecule has 3 atom stereocenters. The van der Waals surface area contributed by atoms with Crippen molar-refractivity contribution in [3.05, 3.63) is 85.8 Å². The van der Waals surface area contributed by atoms with Crippen LogP contribution >= 0.6 is 22.9 Å². The van der Waals surface area contributed by atoms with Crippen molar-refractivity contribution in [2.24, 2.45) is 11.8 Å². The molecule has 2 aliphatic rings. The topological polar surface area (TPSA) is 70.5 Å². The molecular formula is C31H33ClF2N2O3S. The lowest BCUT2D eigenvalue weighted by Gasteiger charge is -2.27. The Morgan fingerprint density at radius 1 is 1.05 bits per heavy atom. The SMILES string of the molecule is Cc1csc([C@H]2CCCN2C(=O)c2cc(Cl)cc(C(=O)C[C@@H](Cc3cc(F)cc(F)c3)[C@H](O)C3CCCC3)c2)n1. The number of benzene rings is 2. The van der Waals surface area contributed by atoms with Gasteiger partial charge in [0.1, 0.15) is 16.6 Å². The van der Waals surface area contributed by atoms with Gasteiger partial charge in [-0.15, -0.1) is 11.3 Å². The number of hydrogen-bond acceptors (Lipinski definition) is 5. The standard InChI is InChI=1S/C31H33ClF2N2O3S/c1-18-17-40-30(35-18)27-7-4-8-36(27)31(39)23-12-21(13-24(32)14-23)28(37)15-22(29(38)20-5-2-3-6-20)9-19-10-25(33)16-26(34)11-19/h10-14,16-17,20,22,27,29,38H,2-9,15H2,1H3/t22-,27-,29-/m1/s1. The molecule has 212 valence electrons. The van der Waals surface area contributed by atoms with E-state index in [1.807, 2.05) is 12.3 Å². The minimum absolute atomic E-state index is 0.0332. The quantitative estimate of drug-likeness (QED) is 0.266. The second kappa shape index (κ2) is 12.5. The summed E-state index contributed by atoms with van der Waals surface area (Å²) in [6.45, 7) is 2.52. The van der Waals surface area contributed by atoms with Gasteiger partial charge in [-0.25, -0.2) is 13.8 Å². The third-order valence-electron chi connectivity index (χ3n) is 8.14. The molecule has 0 unspecified atom stereocenters. The molecule has 2 aromatic carbocycles. The number of rotatable bonds is 9. The minimum atomic E-state index is -0.787. The van der Waals surface area contributed by atoms with Crippen molar-refractivity contribution in [3.63, 3.8) is 0 Å². The van der Waals surface area contributed by atoms with E-state index in [1.165, 1.54) is 18.2 Å². The third kappa shape index (κ3) is 6.61. The maximum Gasteiger partial charge on any atom is 0.254 e. The highest BCUT2D eigenvalue weighted by Gasteiger charge is 2.34. The van der Waals surface area contributed by atoms with E-state index >= 15 is 0 Å². The molecule has 9 heteroatoms. The number of aryl methyl sites for hydroxylation is 1. The lowest BCUT2D eigenvalue weighted by molar-refractivity contribution is 0.0456. The molecule has 2 heterocycles. The van der Waals surface area contributed by atoms with Crippen LogP contribution in [0, 0.1) is 30.4 Å². The van der Waals surface area contributed by atoms with Crippen molar-refractivity contribution >= 4 is 34.6 Å². The van der Waals surface area contributed by atoms with Crippen LogP contribution in [0.25, 0.3) is 0 Å². The second-order valence-corrected chi connectivity index (χ2v) is 12.4. The lowest BCUT2D eigenvalue weighted by atomic mass is 9.81. The molecule has 0 bridgehead atoms. The Morgan fingerprint density at radius 2 is 1.75 bits per heavy atom. The van der Waals surface area contributed by atoms with Crippen molar-refractivity contribution < 1.29 is 23.5 Å². The summed E-state index contributed by atoms with van der Waals surface area (Å²) in [6, 6.07) is 7.86. The molecule has 5 rings (SSSR count). The molecule has 0 spiro atoms. The number of carbonyl (C=O) groups is 2. The van der Waals surface area contributed by atoms with Crippen molar-refractivity contribution in [2.45, 2.75) is 70.4 Å². The first-order valence-electron chi connectivity index (χ1n) is 13.9. The minimum Gasteiger partial charge on any atom is -0.393 e. The number of nitrogens with zero attached hydrogens (tertiary/aromatic N) is 2. The Labute approximate surface area is 242 Å². The lowest BCUT2D eigenvalue weighted by Crippen LogP contribution is -2.32. The van der Waals surface area contributed by atoms with Gasteiger partial charge in [-0.1, -0.05) is 24.4 Å². The van der Waals surface area contributed by atoms with Gasteiger partial charge in [0, 0.05) is 46.3 Å². The van der Waals surface area contributed by atoms with Crippen molar-refractivity contribution in [1.29, 1.82) is 0 Å². The van der Waals surface area contributed by atoms with E-state index in [4.69, 9.17) is 11.6 Å². The van der Waals surface area contributed by atoms with Crippen LogP contribution in [-0.4, -0.2) is 39.3 Å². The maximum atomic E-state index is 13.9. The van der Waals surface area contributed by atoms with Gasteiger partial charge in [0.15, 0.2) is 5.78 Å². The average molecular weight is 587 g/mol. The zero-order valence-corrected chi connectivity index (χ0v) is 24.0. The van der Waals surface area contributed by atoms with E-state index in [0.717, 1.165) is 55.3 Å². The zero-order valence-electron chi connectivity index (χ0n) is 22.4. The first kappa shape index (κ1) is 28.8. The summed E-state index contributed by atoms with van der Waals surface area (Å²) in [6.07, 6.45) is 4.76. The first-order valence-corrected chi connectivity index (χ1v) is 15.1. The highest BCUT2D eigenvalue weighted by atomic mass is 35.5. The molecular weight excluding hydrogens is 554 g/mol. The predicted molar refractivity (Wildman–Crippen MR) is 152 cm³/mol. The summed E-state index contributed by atoms with van der Waals surface area (Å²) in [5, 5.41) is 14.4. The Hall–Kier alpha value is -2.68. The Morgan fingerprint density at radius 3 is 2.42 bits per heavy atom. The molecule has 5 nitrogen and oxygen atoms in total. The van der Waals surface area contributed by atoms with Gasteiger partial charge in [-0.3, -0.25) is 9.59 Å². The largest absolute Gasteiger partial charge is 0.393 e. The molecule has 1 aromatic heterocycles. The van der Waals surface area contributed by atoms with Crippen LogP contribution in [0.3, 0.4) is 0 Å². The molecule has 1 aliphatic heterocycles. The number of amides is 1. The van der Waals surface area contributed by atoms with E-state index in [2.05, 4.69) is 4.98 Å². The molecule has 40 heavy (non-hydrogen) atoms.